The highest BCUT2D eigenvalue weighted by Crippen LogP contribution is 2.40. The molecule has 0 bridgehead atoms. The van der Waals surface area contributed by atoms with E-state index in [1.807, 2.05) is 105 Å². The van der Waals surface area contributed by atoms with Crippen molar-refractivity contribution < 1.29 is 10.0 Å². The van der Waals surface area contributed by atoms with Crippen LogP contribution in [0.25, 0.3) is 38.9 Å². The second kappa shape index (κ2) is 29.7. The van der Waals surface area contributed by atoms with Crippen LogP contribution in [-0.4, -0.2) is 82.1 Å². The molecule has 2 aliphatic rings. The molecule has 0 saturated heterocycles. The molecule has 0 spiro atoms. The van der Waals surface area contributed by atoms with Crippen molar-refractivity contribution in [2.75, 3.05) is 5.73 Å². The molecule has 0 atom stereocenters. The van der Waals surface area contributed by atoms with Crippen molar-refractivity contribution in [3.63, 3.8) is 0 Å². The minimum Gasteiger partial charge on any atom is -0.427 e. The van der Waals surface area contributed by atoms with Crippen LogP contribution in [0.1, 0.15) is 79.8 Å². The number of aliphatic imine (C=N–C) groups is 1. The van der Waals surface area contributed by atoms with E-state index < -0.39 is 7.12 Å². The van der Waals surface area contributed by atoms with Gasteiger partial charge in [-0.05, 0) is 160 Å². The van der Waals surface area contributed by atoms with Crippen LogP contribution in [0.15, 0.2) is 166 Å². The average Bonchev–Trinajstić information content (AvgIpc) is 4.37. The van der Waals surface area contributed by atoms with Gasteiger partial charge in [-0.1, -0.05) is 67.9 Å². The zero-order valence-corrected chi connectivity index (χ0v) is 46.6. The minimum absolute atomic E-state index is 0. The molecular formula is C56H60BBr3N16O2. The van der Waals surface area contributed by atoms with Gasteiger partial charge in [-0.15, -0.1) is 10.2 Å². The molecule has 0 aliphatic heterocycles. The summed E-state index contributed by atoms with van der Waals surface area (Å²) in [6.07, 6.45) is 25.8. The Hall–Kier alpha value is -7.68. The van der Waals surface area contributed by atoms with Gasteiger partial charge in [0.1, 0.15) is 11.7 Å². The number of fused-ring (bicyclic) bond motifs is 2. The van der Waals surface area contributed by atoms with Crippen molar-refractivity contribution in [1.82, 2.24) is 59.1 Å². The number of nitrogens with two attached hydrogens (primary N) is 2. The SMILES string of the molecule is C.C.Cc1ccc(N)nc1.Cc1ccc(N=C(N)c2cncc(Br)c2)nc1.Cc1ccc2nc(-c3cncc(Br)c3)nn2c1.Cc1ccc2nc(-c3cncc(C4CC4)c3)nn2c1.OB(O)C1CC1.[C-]#[N+]c1cncc(Br)c1. The number of nitrogens with zero attached hydrogens (tertiary/aromatic N) is 14. The Labute approximate surface area is 480 Å². The van der Waals surface area contributed by atoms with Gasteiger partial charge >= 0.3 is 7.12 Å². The first-order valence-corrected chi connectivity index (χ1v) is 26.1. The summed E-state index contributed by atoms with van der Waals surface area (Å²) in [6, 6.07) is 23.2. The Morgan fingerprint density at radius 3 is 1.58 bits per heavy atom. The topological polar surface area (TPSA) is 247 Å². The molecule has 12 rings (SSSR count). The summed E-state index contributed by atoms with van der Waals surface area (Å²) in [4.78, 5) is 40.7. The molecule has 10 aromatic heterocycles. The molecule has 0 radical (unpaired) electrons. The molecule has 10 aromatic rings. The Morgan fingerprint density at radius 1 is 0.615 bits per heavy atom. The van der Waals surface area contributed by atoms with Gasteiger partial charge in [0.25, 0.3) is 0 Å². The van der Waals surface area contributed by atoms with Gasteiger partial charge in [-0.2, -0.15) is 0 Å². The summed E-state index contributed by atoms with van der Waals surface area (Å²) in [5, 5.41) is 25.5. The number of amidine groups is 1. The fraction of sp³-hybridized carbons (Fsp3) is 0.214. The first kappa shape index (κ1) is 61.2. The first-order valence-electron chi connectivity index (χ1n) is 23.7. The molecule has 6 N–H and O–H groups in total. The van der Waals surface area contributed by atoms with Gasteiger partial charge in [-0.25, -0.2) is 38.8 Å². The second-order valence-electron chi connectivity index (χ2n) is 17.6. The Kier molecular flexibility index (Phi) is 23.3. The lowest BCUT2D eigenvalue weighted by Crippen LogP contribution is -2.13. The maximum absolute atomic E-state index is 8.25. The van der Waals surface area contributed by atoms with Gasteiger partial charge in [0.15, 0.2) is 28.8 Å². The average molecular weight is 1240 g/mol. The van der Waals surface area contributed by atoms with Crippen molar-refractivity contribution in [2.45, 2.75) is 80.0 Å². The van der Waals surface area contributed by atoms with E-state index in [1.54, 1.807) is 60.0 Å². The van der Waals surface area contributed by atoms with Crippen molar-refractivity contribution in [2.24, 2.45) is 10.7 Å². The fourth-order valence-electron chi connectivity index (χ4n) is 6.57. The van der Waals surface area contributed by atoms with E-state index in [9.17, 15) is 0 Å². The largest absolute Gasteiger partial charge is 0.454 e. The van der Waals surface area contributed by atoms with E-state index in [0.29, 0.717) is 34.9 Å². The van der Waals surface area contributed by atoms with Crippen LogP contribution in [0.5, 0.6) is 0 Å². The summed E-state index contributed by atoms with van der Waals surface area (Å²) in [6.45, 7) is 14.6. The molecule has 10 heterocycles. The van der Waals surface area contributed by atoms with Crippen LogP contribution in [0.2, 0.25) is 5.82 Å². The highest BCUT2D eigenvalue weighted by Gasteiger charge is 2.33. The normalized spacial score (nSPS) is 12.1. The fourth-order valence-corrected chi connectivity index (χ4v) is 7.65. The number of aromatic nitrogens is 12. The predicted molar refractivity (Wildman–Crippen MR) is 321 cm³/mol. The number of hydrogen-bond donors (Lipinski definition) is 4. The van der Waals surface area contributed by atoms with E-state index >= 15 is 0 Å². The summed E-state index contributed by atoms with van der Waals surface area (Å²) >= 11 is 9.92. The van der Waals surface area contributed by atoms with Gasteiger partial charge in [0.2, 0.25) is 5.69 Å². The van der Waals surface area contributed by atoms with Crippen LogP contribution < -0.4 is 11.5 Å². The van der Waals surface area contributed by atoms with E-state index in [4.69, 9.17) is 28.1 Å². The van der Waals surface area contributed by atoms with E-state index in [1.165, 1.54) is 30.2 Å². The molecule has 78 heavy (non-hydrogen) atoms. The standard InChI is InChI=1S/C15H14N4.C12H9BrN4.C12H11BrN4.C6H3BrN2.C6H8N2.C3H7BO2.2CH4/c1-10-2-5-14-17-15(18-19(14)9-10)13-6-12(7-16-8-13)11-3-4-11;1-8-2-3-11-15-12(16-17(11)7-8)9-4-10(13)6-14-5-9;1-8-2-3-11(16-5-8)17-12(14)9-4-10(13)7-15-6-9;1-8-6-2-5(7)3-9-4-6;1-5-2-3-6(7)8-4-5;5-4(6)3-1-2-3;;/h2,5-9,11H,3-4H2,1H3;2-7H,1H3;2-7H,1H3,(H2,14,16,17);2-4H;2-4H,1H3,(H2,7,8);3,5-6H,1-2H2;2*1H4. The number of hydrogen-bond acceptors (Lipinski definition) is 14. The van der Waals surface area contributed by atoms with Crippen molar-refractivity contribution in [1.29, 1.82) is 0 Å². The molecule has 2 saturated carbocycles. The van der Waals surface area contributed by atoms with Gasteiger partial charge in [-0.3, -0.25) is 19.9 Å². The smallest absolute Gasteiger partial charge is 0.427 e. The number of halogens is 3. The van der Waals surface area contributed by atoms with Gasteiger partial charge in [0.05, 0.1) is 6.57 Å². The summed E-state index contributed by atoms with van der Waals surface area (Å²) in [5.41, 5.74) is 22.0. The number of nitrogen functional groups attached to an aromatic ring is 1. The maximum Gasteiger partial charge on any atom is 0.454 e. The quantitative estimate of drug-likeness (QED) is 0.0523. The van der Waals surface area contributed by atoms with E-state index in [0.717, 1.165) is 76.8 Å². The molecular weight excluding hydrogens is 1180 g/mol. The third kappa shape index (κ3) is 19.4. The molecule has 0 aromatic carbocycles. The molecule has 0 unspecified atom stereocenters. The lowest BCUT2D eigenvalue weighted by atomic mass is 9.84. The monoisotopic (exact) mass is 1240 g/mol. The third-order valence-electron chi connectivity index (χ3n) is 10.9. The molecule has 400 valence electrons. The third-order valence-corrected chi connectivity index (χ3v) is 12.2. The lowest BCUT2D eigenvalue weighted by Gasteiger charge is -2.01. The Bertz CT molecular complexity index is 3560. The maximum atomic E-state index is 8.25. The van der Waals surface area contributed by atoms with Gasteiger partial charge in [0, 0.05) is 104 Å². The van der Waals surface area contributed by atoms with Crippen LogP contribution in [0, 0.1) is 34.3 Å². The van der Waals surface area contributed by atoms with Crippen molar-refractivity contribution in [3.8, 4) is 22.8 Å². The second-order valence-corrected chi connectivity index (χ2v) is 20.4. The molecule has 18 nitrogen and oxygen atoms in total. The lowest BCUT2D eigenvalue weighted by molar-refractivity contribution is 0.403. The summed E-state index contributed by atoms with van der Waals surface area (Å²) < 4.78 is 6.24. The molecule has 2 aliphatic carbocycles. The molecule has 22 heteroatoms. The number of pyridine rings is 8. The van der Waals surface area contributed by atoms with Crippen LogP contribution in [0.4, 0.5) is 17.3 Å². The van der Waals surface area contributed by atoms with E-state index in [2.05, 4.69) is 121 Å². The minimum atomic E-state index is -1.04. The zero-order chi connectivity index (χ0) is 54.1. The van der Waals surface area contributed by atoms with Crippen molar-refractivity contribution >= 4 is 89.4 Å². The predicted octanol–water partition coefficient (Wildman–Crippen LogP) is 12.7. The van der Waals surface area contributed by atoms with E-state index in [-0.39, 0.29) is 20.7 Å². The highest BCUT2D eigenvalue weighted by molar-refractivity contribution is 9.11. The number of rotatable bonds is 6. The number of anilines is 1. The molecule has 0 amide bonds. The summed E-state index contributed by atoms with van der Waals surface area (Å²) in [7, 11) is -1.04. The Balaban J connectivity index is 0.000000179. The van der Waals surface area contributed by atoms with Crippen molar-refractivity contribution in [3.05, 3.63) is 205 Å². The zero-order valence-electron chi connectivity index (χ0n) is 41.9. The highest BCUT2D eigenvalue weighted by atomic mass is 79.9. The molecule has 2 fully saturated rings. The van der Waals surface area contributed by atoms with Crippen LogP contribution in [0.3, 0.4) is 0 Å². The van der Waals surface area contributed by atoms with Crippen LogP contribution in [-0.2, 0) is 0 Å². The van der Waals surface area contributed by atoms with Gasteiger partial charge < -0.3 is 21.5 Å². The number of aryl methyl sites for hydroxylation is 4. The Morgan fingerprint density at radius 2 is 1.13 bits per heavy atom. The van der Waals surface area contributed by atoms with Crippen LogP contribution >= 0.6 is 47.8 Å². The summed E-state index contributed by atoms with van der Waals surface area (Å²) in [5.74, 6) is 3.92. The first-order chi connectivity index (χ1) is 36.6.